The van der Waals surface area contributed by atoms with Crippen molar-refractivity contribution < 1.29 is 0 Å². The second-order valence-electron chi connectivity index (χ2n) is 7.36. The van der Waals surface area contributed by atoms with E-state index in [0.29, 0.717) is 0 Å². The second-order valence-corrected chi connectivity index (χ2v) is 7.36. The summed E-state index contributed by atoms with van der Waals surface area (Å²) < 4.78 is 0. The minimum absolute atomic E-state index is 0. The van der Waals surface area contributed by atoms with Gasteiger partial charge in [0, 0.05) is 25.3 Å². The molecule has 0 bridgehead atoms. The summed E-state index contributed by atoms with van der Waals surface area (Å²) in [5.74, 6) is 0.939. The van der Waals surface area contributed by atoms with E-state index >= 15 is 0 Å². The maximum absolute atomic E-state index is 3.58. The number of halogens is 1. The van der Waals surface area contributed by atoms with Crippen LogP contribution in [-0.2, 0) is 13.0 Å². The number of rotatable bonds is 4. The largest absolute Gasteiger partial charge is 0.384 e. The average molecular weight is 336 g/mol. The highest BCUT2D eigenvalue weighted by molar-refractivity contribution is 5.85. The number of piperidine rings is 1. The lowest BCUT2D eigenvalue weighted by atomic mass is 9.95. The fourth-order valence-electron chi connectivity index (χ4n) is 4.44. The summed E-state index contributed by atoms with van der Waals surface area (Å²) in [7, 11) is 0. The van der Waals surface area contributed by atoms with Gasteiger partial charge in [-0.05, 0) is 75.3 Å². The van der Waals surface area contributed by atoms with Gasteiger partial charge in [-0.3, -0.25) is 4.90 Å². The Labute approximate surface area is 146 Å². The van der Waals surface area contributed by atoms with Crippen molar-refractivity contribution >= 4 is 18.1 Å². The van der Waals surface area contributed by atoms with Crippen molar-refractivity contribution in [2.75, 3.05) is 44.6 Å². The van der Waals surface area contributed by atoms with Crippen LogP contribution in [0.15, 0.2) is 18.2 Å². The van der Waals surface area contributed by atoms with Gasteiger partial charge >= 0.3 is 0 Å². The number of para-hydroxylation sites is 1. The fraction of sp³-hybridized carbons (Fsp3) is 0.684. The van der Waals surface area contributed by atoms with Crippen LogP contribution < -0.4 is 5.32 Å². The number of hydrogen-bond acceptors (Lipinski definition) is 3. The zero-order valence-corrected chi connectivity index (χ0v) is 14.9. The van der Waals surface area contributed by atoms with Crippen LogP contribution in [0.1, 0.15) is 36.8 Å². The van der Waals surface area contributed by atoms with E-state index in [1.54, 1.807) is 0 Å². The molecule has 0 saturated carbocycles. The van der Waals surface area contributed by atoms with E-state index in [2.05, 4.69) is 33.3 Å². The van der Waals surface area contributed by atoms with E-state index in [9.17, 15) is 0 Å². The second kappa shape index (κ2) is 7.87. The topological polar surface area (TPSA) is 18.5 Å². The SMILES string of the molecule is Cl.c1cc2c(c(CN3CCC(CN4CCCC4)CC3)c1)NCC2. The first-order valence-electron chi connectivity index (χ1n) is 9.18. The summed E-state index contributed by atoms with van der Waals surface area (Å²) in [6.45, 7) is 8.86. The maximum Gasteiger partial charge on any atom is 0.0419 e. The minimum atomic E-state index is 0. The number of anilines is 1. The highest BCUT2D eigenvalue weighted by Crippen LogP contribution is 2.29. The molecule has 1 N–H and O–H groups in total. The molecular formula is C19H30ClN3. The molecule has 4 rings (SSSR count). The third-order valence-corrected chi connectivity index (χ3v) is 5.75. The first-order chi connectivity index (χ1) is 10.9. The van der Waals surface area contributed by atoms with Crippen molar-refractivity contribution in [2.45, 2.75) is 38.6 Å². The Balaban J connectivity index is 0.00000156. The molecule has 1 aromatic carbocycles. The fourth-order valence-corrected chi connectivity index (χ4v) is 4.44. The normalized spacial score (nSPS) is 22.6. The van der Waals surface area contributed by atoms with Crippen molar-refractivity contribution in [3.8, 4) is 0 Å². The van der Waals surface area contributed by atoms with Gasteiger partial charge < -0.3 is 10.2 Å². The van der Waals surface area contributed by atoms with Crippen LogP contribution in [0, 0.1) is 5.92 Å². The highest BCUT2D eigenvalue weighted by Gasteiger charge is 2.24. The third kappa shape index (κ3) is 4.01. The van der Waals surface area contributed by atoms with Gasteiger partial charge in [-0.1, -0.05) is 18.2 Å². The maximum atomic E-state index is 3.58. The number of nitrogens with zero attached hydrogens (tertiary/aromatic N) is 2. The van der Waals surface area contributed by atoms with Gasteiger partial charge in [-0.25, -0.2) is 0 Å². The van der Waals surface area contributed by atoms with Gasteiger partial charge in [0.15, 0.2) is 0 Å². The van der Waals surface area contributed by atoms with Gasteiger partial charge in [-0.2, -0.15) is 0 Å². The van der Waals surface area contributed by atoms with E-state index in [4.69, 9.17) is 0 Å². The number of fused-ring (bicyclic) bond motifs is 1. The van der Waals surface area contributed by atoms with E-state index in [1.807, 2.05) is 0 Å². The molecule has 0 aromatic heterocycles. The van der Waals surface area contributed by atoms with Crippen LogP contribution in [0.3, 0.4) is 0 Å². The van der Waals surface area contributed by atoms with Crippen LogP contribution in [0.2, 0.25) is 0 Å². The van der Waals surface area contributed by atoms with Gasteiger partial charge in [0.2, 0.25) is 0 Å². The summed E-state index contributed by atoms with van der Waals surface area (Å²) in [5, 5.41) is 3.58. The molecule has 0 aliphatic carbocycles. The van der Waals surface area contributed by atoms with Crippen molar-refractivity contribution in [3.05, 3.63) is 29.3 Å². The molecule has 0 radical (unpaired) electrons. The molecule has 0 atom stereocenters. The van der Waals surface area contributed by atoms with Gasteiger partial charge in [-0.15, -0.1) is 12.4 Å². The Morgan fingerprint density at radius 1 is 1.00 bits per heavy atom. The lowest BCUT2D eigenvalue weighted by Gasteiger charge is -2.34. The molecule has 3 aliphatic rings. The molecule has 3 heterocycles. The quantitative estimate of drug-likeness (QED) is 0.910. The molecule has 128 valence electrons. The van der Waals surface area contributed by atoms with E-state index < -0.39 is 0 Å². The van der Waals surface area contributed by atoms with Crippen LogP contribution >= 0.6 is 12.4 Å². The molecule has 3 nitrogen and oxygen atoms in total. The monoisotopic (exact) mass is 335 g/mol. The van der Waals surface area contributed by atoms with Crippen LogP contribution in [-0.4, -0.2) is 49.1 Å². The lowest BCUT2D eigenvalue weighted by Crippen LogP contribution is -2.37. The molecule has 2 fully saturated rings. The Morgan fingerprint density at radius 2 is 1.78 bits per heavy atom. The lowest BCUT2D eigenvalue weighted by molar-refractivity contribution is 0.149. The summed E-state index contributed by atoms with van der Waals surface area (Å²) in [5.41, 5.74) is 4.45. The Hall–Kier alpha value is -0.770. The standard InChI is InChI=1S/C19H29N3.ClH/c1-2-11-21(10-1)14-16-7-12-22(13-8-16)15-18-5-3-4-17-6-9-20-19(17)18;/h3-5,16,20H,1-2,6-15H2;1H. The van der Waals surface area contributed by atoms with Crippen molar-refractivity contribution in [1.29, 1.82) is 0 Å². The third-order valence-electron chi connectivity index (χ3n) is 5.75. The van der Waals surface area contributed by atoms with E-state index in [0.717, 1.165) is 19.0 Å². The van der Waals surface area contributed by atoms with Crippen molar-refractivity contribution in [3.63, 3.8) is 0 Å². The molecule has 4 heteroatoms. The molecular weight excluding hydrogens is 306 g/mol. The summed E-state index contributed by atoms with van der Waals surface area (Å²) >= 11 is 0. The molecule has 23 heavy (non-hydrogen) atoms. The summed E-state index contributed by atoms with van der Waals surface area (Å²) in [4.78, 5) is 5.35. The van der Waals surface area contributed by atoms with Gasteiger partial charge in [0.25, 0.3) is 0 Å². The molecule has 2 saturated heterocycles. The first-order valence-corrected chi connectivity index (χ1v) is 9.18. The van der Waals surface area contributed by atoms with E-state index in [1.165, 1.54) is 81.6 Å². The van der Waals surface area contributed by atoms with Gasteiger partial charge in [0.1, 0.15) is 0 Å². The van der Waals surface area contributed by atoms with Crippen LogP contribution in [0.5, 0.6) is 0 Å². The Bertz CT molecular complexity index is 505. The number of nitrogens with one attached hydrogen (secondary N) is 1. The number of hydrogen-bond donors (Lipinski definition) is 1. The van der Waals surface area contributed by atoms with Crippen molar-refractivity contribution in [2.24, 2.45) is 5.92 Å². The van der Waals surface area contributed by atoms with Crippen molar-refractivity contribution in [1.82, 2.24) is 9.80 Å². The smallest absolute Gasteiger partial charge is 0.0419 e. The number of likely N-dealkylation sites (tertiary alicyclic amines) is 2. The average Bonchev–Trinajstić information content (AvgIpc) is 3.21. The Kier molecular flexibility index (Phi) is 5.84. The van der Waals surface area contributed by atoms with Gasteiger partial charge in [0.05, 0.1) is 0 Å². The molecule has 0 amide bonds. The molecule has 3 aliphatic heterocycles. The molecule has 0 unspecified atom stereocenters. The molecule has 1 aromatic rings. The highest BCUT2D eigenvalue weighted by atomic mass is 35.5. The minimum Gasteiger partial charge on any atom is -0.384 e. The van der Waals surface area contributed by atoms with Crippen LogP contribution in [0.4, 0.5) is 5.69 Å². The number of benzene rings is 1. The zero-order valence-electron chi connectivity index (χ0n) is 14.1. The molecule has 0 spiro atoms. The first kappa shape index (κ1) is 17.1. The van der Waals surface area contributed by atoms with Crippen LogP contribution in [0.25, 0.3) is 0 Å². The summed E-state index contributed by atoms with van der Waals surface area (Å²) in [6.07, 6.45) is 6.81. The predicted molar refractivity (Wildman–Crippen MR) is 99.6 cm³/mol. The van der Waals surface area contributed by atoms with E-state index in [-0.39, 0.29) is 12.4 Å². The predicted octanol–water partition coefficient (Wildman–Crippen LogP) is 3.38. The summed E-state index contributed by atoms with van der Waals surface area (Å²) in [6, 6.07) is 6.83. The Morgan fingerprint density at radius 3 is 2.57 bits per heavy atom. The zero-order chi connectivity index (χ0) is 14.8.